The topological polar surface area (TPSA) is 68.4 Å². The molecule has 0 aromatic rings. The lowest BCUT2D eigenvalue weighted by Crippen LogP contribution is -2.59. The van der Waals surface area contributed by atoms with Crippen molar-refractivity contribution in [1.29, 1.82) is 0 Å². The molecule has 1 amide bonds. The number of halogens is 3. The summed E-state index contributed by atoms with van der Waals surface area (Å²) >= 11 is 0. The second-order valence-corrected chi connectivity index (χ2v) is 10.5. The molecule has 0 spiro atoms. The zero-order chi connectivity index (χ0) is 22.2. The molecule has 6 nitrogen and oxygen atoms in total. The van der Waals surface area contributed by atoms with Gasteiger partial charge >= 0.3 is 6.18 Å². The quantitative estimate of drug-likeness (QED) is 0.506. The highest BCUT2D eigenvalue weighted by atomic mass is 19.4. The molecule has 0 bridgehead atoms. The summed E-state index contributed by atoms with van der Waals surface area (Å²) in [7, 11) is 2.09. The fourth-order valence-corrected chi connectivity index (χ4v) is 5.91. The van der Waals surface area contributed by atoms with Crippen LogP contribution in [0.2, 0.25) is 0 Å². The van der Waals surface area contributed by atoms with E-state index in [2.05, 4.69) is 40.4 Å². The van der Waals surface area contributed by atoms with Crippen LogP contribution < -0.4 is 21.5 Å². The monoisotopic (exact) mass is 445 g/mol. The third kappa shape index (κ3) is 5.92. The molecule has 9 heteroatoms. The fraction of sp³-hybridized carbons (Fsp3) is 0.955. The van der Waals surface area contributed by atoms with Crippen LogP contribution in [0.25, 0.3) is 0 Å². The Labute approximate surface area is 183 Å². The molecule has 31 heavy (non-hydrogen) atoms. The number of nitrogens with zero attached hydrogens (tertiary/aromatic N) is 1. The standard InChI is InChI=1S/C22H38F3N5O/c1-13(8-20-29-26-12-30(20)2)15-4-3-5-17(9-15)27-21(31)18-10-16(14-6-7-14)11-19(28-18)22(23,24)25/h13-20,26,28-29H,3-12H2,1-2H3,(H,27,31)/t13-,15?,16?,17?,18?,19?,20?/m0/s1. The minimum atomic E-state index is -4.30. The lowest BCUT2D eigenvalue weighted by atomic mass is 9.76. The summed E-state index contributed by atoms with van der Waals surface area (Å²) in [5.74, 6) is 1.18. The molecule has 2 aliphatic heterocycles. The van der Waals surface area contributed by atoms with Gasteiger partial charge in [0, 0.05) is 6.04 Å². The number of piperidine rings is 1. The molecule has 0 aromatic carbocycles. The molecule has 178 valence electrons. The van der Waals surface area contributed by atoms with Crippen LogP contribution in [0.3, 0.4) is 0 Å². The molecule has 2 saturated heterocycles. The van der Waals surface area contributed by atoms with Gasteiger partial charge in [0.05, 0.1) is 18.9 Å². The lowest BCUT2D eigenvalue weighted by molar-refractivity contribution is -0.169. The Balaban J connectivity index is 1.30. The van der Waals surface area contributed by atoms with Crippen molar-refractivity contribution in [3.8, 4) is 0 Å². The first kappa shape index (κ1) is 23.3. The van der Waals surface area contributed by atoms with Gasteiger partial charge in [0.2, 0.25) is 5.91 Å². The average Bonchev–Trinajstić information content (AvgIpc) is 3.51. The summed E-state index contributed by atoms with van der Waals surface area (Å²) < 4.78 is 40.3. The molecule has 6 unspecified atom stereocenters. The van der Waals surface area contributed by atoms with Crippen molar-refractivity contribution >= 4 is 5.91 Å². The number of alkyl halides is 3. The van der Waals surface area contributed by atoms with Crippen molar-refractivity contribution in [2.75, 3.05) is 13.7 Å². The van der Waals surface area contributed by atoms with Gasteiger partial charge in [-0.05, 0) is 75.7 Å². The van der Waals surface area contributed by atoms with Gasteiger partial charge in [-0.1, -0.05) is 19.8 Å². The summed E-state index contributed by atoms with van der Waals surface area (Å²) in [6.07, 6.45) is 3.75. The first-order chi connectivity index (χ1) is 14.7. The Kier molecular flexibility index (Phi) is 7.15. The van der Waals surface area contributed by atoms with Gasteiger partial charge in [-0.3, -0.25) is 15.0 Å². The average molecular weight is 446 g/mol. The van der Waals surface area contributed by atoms with Gasteiger partial charge in [0.25, 0.3) is 0 Å². The number of hydrazine groups is 1. The molecule has 2 aliphatic carbocycles. The van der Waals surface area contributed by atoms with Crippen molar-refractivity contribution < 1.29 is 18.0 Å². The summed E-state index contributed by atoms with van der Waals surface area (Å²) in [6, 6.07) is -2.23. The summed E-state index contributed by atoms with van der Waals surface area (Å²) in [6.45, 7) is 3.11. The van der Waals surface area contributed by atoms with E-state index in [1.807, 2.05) is 0 Å². The Bertz CT molecular complexity index is 629. The van der Waals surface area contributed by atoms with Crippen LogP contribution in [0.1, 0.15) is 64.7 Å². The van der Waals surface area contributed by atoms with E-state index in [1.54, 1.807) is 0 Å². The second-order valence-electron chi connectivity index (χ2n) is 10.5. The molecule has 4 fully saturated rings. The predicted molar refractivity (Wildman–Crippen MR) is 113 cm³/mol. The number of hydrogen-bond acceptors (Lipinski definition) is 5. The van der Waals surface area contributed by atoms with Crippen LogP contribution in [0.15, 0.2) is 0 Å². The van der Waals surface area contributed by atoms with Crippen LogP contribution in [0.4, 0.5) is 13.2 Å². The highest BCUT2D eigenvalue weighted by Crippen LogP contribution is 2.45. The first-order valence-corrected chi connectivity index (χ1v) is 12.0. The van der Waals surface area contributed by atoms with Crippen molar-refractivity contribution in [2.24, 2.45) is 23.7 Å². The minimum Gasteiger partial charge on any atom is -0.352 e. The summed E-state index contributed by atoms with van der Waals surface area (Å²) in [4.78, 5) is 15.2. The van der Waals surface area contributed by atoms with E-state index in [0.29, 0.717) is 30.3 Å². The highest BCUT2D eigenvalue weighted by Gasteiger charge is 2.49. The molecule has 0 aromatic heterocycles. The molecule has 2 saturated carbocycles. The molecule has 7 atom stereocenters. The van der Waals surface area contributed by atoms with Crippen LogP contribution in [0, 0.1) is 23.7 Å². The lowest BCUT2D eigenvalue weighted by Gasteiger charge is -2.39. The number of amides is 1. The second kappa shape index (κ2) is 9.53. The van der Waals surface area contributed by atoms with Gasteiger partial charge in [0.1, 0.15) is 6.04 Å². The number of rotatable bonds is 6. The number of carbonyl (C=O) groups excluding carboxylic acids is 1. The molecule has 4 N–H and O–H groups in total. The SMILES string of the molecule is C[C@@H](CC1NNCN1C)C1CCCC(NC(=O)C2CC(C3CC3)CC(C(F)(F)F)N2)C1. The normalized spacial score (nSPS) is 38.7. The smallest absolute Gasteiger partial charge is 0.352 e. The summed E-state index contributed by atoms with van der Waals surface area (Å²) in [5, 5.41) is 5.75. The number of hydrogen-bond donors (Lipinski definition) is 4. The Morgan fingerprint density at radius 2 is 1.90 bits per heavy atom. The van der Waals surface area contributed by atoms with Crippen molar-refractivity contribution in [1.82, 2.24) is 26.4 Å². The van der Waals surface area contributed by atoms with E-state index >= 15 is 0 Å². The van der Waals surface area contributed by atoms with E-state index in [9.17, 15) is 18.0 Å². The van der Waals surface area contributed by atoms with E-state index < -0.39 is 18.3 Å². The maximum atomic E-state index is 13.4. The molecule has 4 rings (SSSR count). The summed E-state index contributed by atoms with van der Waals surface area (Å²) in [5.41, 5.74) is 6.47. The van der Waals surface area contributed by atoms with Gasteiger partial charge < -0.3 is 5.32 Å². The zero-order valence-corrected chi connectivity index (χ0v) is 18.7. The molecule has 0 radical (unpaired) electrons. The van der Waals surface area contributed by atoms with E-state index in [4.69, 9.17) is 0 Å². The molecular formula is C22H38F3N5O. The zero-order valence-electron chi connectivity index (χ0n) is 18.7. The van der Waals surface area contributed by atoms with Crippen LogP contribution >= 0.6 is 0 Å². The number of carbonyl (C=O) groups is 1. The maximum Gasteiger partial charge on any atom is 0.403 e. The third-order valence-corrected chi connectivity index (χ3v) is 8.07. The largest absolute Gasteiger partial charge is 0.403 e. The third-order valence-electron chi connectivity index (χ3n) is 8.07. The Morgan fingerprint density at radius 1 is 1.13 bits per heavy atom. The van der Waals surface area contributed by atoms with Crippen molar-refractivity contribution in [3.63, 3.8) is 0 Å². The minimum absolute atomic E-state index is 0.00672. The van der Waals surface area contributed by atoms with Crippen molar-refractivity contribution in [3.05, 3.63) is 0 Å². The van der Waals surface area contributed by atoms with Gasteiger partial charge in [-0.25, -0.2) is 10.9 Å². The molecule has 4 aliphatic rings. The van der Waals surface area contributed by atoms with Gasteiger partial charge in [0.15, 0.2) is 0 Å². The van der Waals surface area contributed by atoms with Gasteiger partial charge in [-0.15, -0.1) is 0 Å². The predicted octanol–water partition coefficient (Wildman–Crippen LogP) is 2.72. The maximum absolute atomic E-state index is 13.4. The Hall–Kier alpha value is -0.900. The van der Waals surface area contributed by atoms with E-state index in [0.717, 1.165) is 51.6 Å². The molecule has 2 heterocycles. The van der Waals surface area contributed by atoms with Crippen LogP contribution in [-0.2, 0) is 4.79 Å². The fourth-order valence-electron chi connectivity index (χ4n) is 5.91. The van der Waals surface area contributed by atoms with Crippen LogP contribution in [0.5, 0.6) is 0 Å². The van der Waals surface area contributed by atoms with Crippen LogP contribution in [-0.4, -0.2) is 55.0 Å². The highest BCUT2D eigenvalue weighted by molar-refractivity contribution is 5.82. The van der Waals surface area contributed by atoms with E-state index in [-0.39, 0.29) is 24.3 Å². The van der Waals surface area contributed by atoms with Crippen molar-refractivity contribution in [2.45, 2.75) is 95.2 Å². The van der Waals surface area contributed by atoms with E-state index in [1.165, 1.54) is 0 Å². The van der Waals surface area contributed by atoms with Gasteiger partial charge in [-0.2, -0.15) is 13.2 Å². The number of nitrogens with one attached hydrogen (secondary N) is 4. The molecular weight excluding hydrogens is 407 g/mol. The first-order valence-electron chi connectivity index (χ1n) is 12.0. The Morgan fingerprint density at radius 3 is 2.55 bits per heavy atom.